The maximum absolute atomic E-state index is 12.4. The van der Waals surface area contributed by atoms with Gasteiger partial charge < -0.3 is 15.0 Å². The van der Waals surface area contributed by atoms with Gasteiger partial charge in [-0.15, -0.1) is 0 Å². The monoisotopic (exact) mass is 412 g/mol. The Hall–Kier alpha value is -2.86. The van der Waals surface area contributed by atoms with E-state index in [1.165, 1.54) is 6.08 Å². The molecule has 3 aromatic rings. The molecular formula is C20H17BrN2O3. The molecule has 1 aromatic heterocycles. The van der Waals surface area contributed by atoms with E-state index >= 15 is 0 Å². The van der Waals surface area contributed by atoms with Crippen LogP contribution in [0.2, 0.25) is 0 Å². The molecule has 0 saturated carbocycles. The molecule has 0 bridgehead atoms. The van der Waals surface area contributed by atoms with Crippen LogP contribution in [0, 0.1) is 0 Å². The van der Waals surface area contributed by atoms with Crippen LogP contribution in [-0.4, -0.2) is 23.5 Å². The molecule has 0 saturated heterocycles. The minimum atomic E-state index is -0.512. The number of aromatic nitrogens is 1. The van der Waals surface area contributed by atoms with E-state index in [9.17, 15) is 9.59 Å². The minimum absolute atomic E-state index is 0.224. The van der Waals surface area contributed by atoms with E-state index in [1.807, 2.05) is 48.5 Å². The van der Waals surface area contributed by atoms with Crippen LogP contribution in [0.15, 0.2) is 59.1 Å². The molecule has 0 spiro atoms. The highest BCUT2D eigenvalue weighted by molar-refractivity contribution is 9.10. The predicted molar refractivity (Wildman–Crippen MR) is 106 cm³/mol. The molecule has 6 heteroatoms. The fourth-order valence-corrected chi connectivity index (χ4v) is 2.91. The molecule has 3 rings (SSSR count). The van der Waals surface area contributed by atoms with Crippen LogP contribution in [0.25, 0.3) is 17.0 Å². The summed E-state index contributed by atoms with van der Waals surface area (Å²) >= 11 is 3.41. The Morgan fingerprint density at radius 2 is 1.96 bits per heavy atom. The molecule has 5 nitrogen and oxygen atoms in total. The maximum atomic E-state index is 12.4. The number of aromatic amines is 1. The summed E-state index contributed by atoms with van der Waals surface area (Å²) < 4.78 is 5.93. The first kappa shape index (κ1) is 17.9. The topological polar surface area (TPSA) is 71.2 Å². The van der Waals surface area contributed by atoms with Crippen LogP contribution >= 0.6 is 15.9 Å². The Morgan fingerprint density at radius 3 is 2.69 bits per heavy atom. The number of carbonyl (C=O) groups excluding carboxylic acids is 2. The van der Waals surface area contributed by atoms with Crippen molar-refractivity contribution in [1.29, 1.82) is 0 Å². The summed E-state index contributed by atoms with van der Waals surface area (Å²) in [4.78, 5) is 27.6. The van der Waals surface area contributed by atoms with Crippen molar-refractivity contribution in [2.45, 2.75) is 6.92 Å². The fourth-order valence-electron chi connectivity index (χ4n) is 2.55. The molecule has 0 aliphatic carbocycles. The van der Waals surface area contributed by atoms with Gasteiger partial charge in [0.15, 0.2) is 0 Å². The largest absolute Gasteiger partial charge is 0.461 e. The first-order chi connectivity index (χ1) is 12.6. The van der Waals surface area contributed by atoms with Crippen molar-refractivity contribution in [3.63, 3.8) is 0 Å². The SMILES string of the molecule is CCOC(=O)c1[nH]c2ccc(Br)cc2c1NC(=O)/C=C/c1ccccc1. The standard InChI is InChI=1S/C20H17BrN2O3/c1-2-26-20(25)19-18(15-12-14(21)9-10-16(15)22-19)23-17(24)11-8-13-6-4-3-5-7-13/h3-12,22H,2H2,1H3,(H,23,24)/b11-8+. The number of amides is 1. The van der Waals surface area contributed by atoms with Crippen molar-refractivity contribution in [1.82, 2.24) is 4.98 Å². The van der Waals surface area contributed by atoms with Crippen LogP contribution < -0.4 is 5.32 Å². The van der Waals surface area contributed by atoms with E-state index < -0.39 is 5.97 Å². The lowest BCUT2D eigenvalue weighted by atomic mass is 10.2. The number of ether oxygens (including phenoxy) is 1. The molecule has 0 fully saturated rings. The summed E-state index contributed by atoms with van der Waals surface area (Å²) in [6.45, 7) is 1.98. The van der Waals surface area contributed by atoms with Gasteiger partial charge in [0.2, 0.25) is 5.91 Å². The smallest absolute Gasteiger partial charge is 0.356 e. The van der Waals surface area contributed by atoms with Crippen LogP contribution in [0.5, 0.6) is 0 Å². The zero-order chi connectivity index (χ0) is 18.5. The van der Waals surface area contributed by atoms with E-state index in [0.717, 1.165) is 20.9 Å². The maximum Gasteiger partial charge on any atom is 0.356 e. The number of nitrogens with one attached hydrogen (secondary N) is 2. The molecule has 1 heterocycles. The highest BCUT2D eigenvalue weighted by atomic mass is 79.9. The van der Waals surface area contributed by atoms with Crippen molar-refractivity contribution in [3.05, 3.63) is 70.3 Å². The molecule has 0 atom stereocenters. The van der Waals surface area contributed by atoms with Gasteiger partial charge in [-0.1, -0.05) is 46.3 Å². The summed E-state index contributed by atoms with van der Waals surface area (Å²) in [5.74, 6) is -0.845. The summed E-state index contributed by atoms with van der Waals surface area (Å²) in [6, 6.07) is 15.0. The van der Waals surface area contributed by atoms with Gasteiger partial charge in [0, 0.05) is 21.5 Å². The van der Waals surface area contributed by atoms with Gasteiger partial charge in [-0.3, -0.25) is 4.79 Å². The van der Waals surface area contributed by atoms with E-state index in [0.29, 0.717) is 5.69 Å². The van der Waals surface area contributed by atoms with E-state index in [1.54, 1.807) is 13.0 Å². The number of hydrogen-bond donors (Lipinski definition) is 2. The Kier molecular flexibility index (Phi) is 5.53. The molecule has 132 valence electrons. The molecule has 2 N–H and O–H groups in total. The van der Waals surface area contributed by atoms with Gasteiger partial charge >= 0.3 is 5.97 Å². The Balaban J connectivity index is 1.93. The quantitative estimate of drug-likeness (QED) is 0.468. The average Bonchev–Trinajstić information content (AvgIpc) is 2.99. The second-order valence-electron chi connectivity index (χ2n) is 5.52. The second kappa shape index (κ2) is 8.01. The third-order valence-electron chi connectivity index (χ3n) is 3.72. The van der Waals surface area contributed by atoms with E-state index in [4.69, 9.17) is 4.74 Å². The highest BCUT2D eigenvalue weighted by Crippen LogP contribution is 2.31. The molecule has 0 unspecified atom stereocenters. The van der Waals surface area contributed by atoms with Crippen molar-refractivity contribution in [2.24, 2.45) is 0 Å². The first-order valence-electron chi connectivity index (χ1n) is 8.11. The van der Waals surface area contributed by atoms with Crippen molar-refractivity contribution in [3.8, 4) is 0 Å². The number of hydrogen-bond acceptors (Lipinski definition) is 3. The van der Waals surface area contributed by atoms with Gasteiger partial charge in [-0.05, 0) is 36.8 Å². The molecule has 0 aliphatic heterocycles. The molecular weight excluding hydrogens is 396 g/mol. The number of esters is 1. The number of H-pyrrole nitrogens is 1. The number of rotatable bonds is 5. The Bertz CT molecular complexity index is 977. The lowest BCUT2D eigenvalue weighted by Crippen LogP contribution is -2.13. The highest BCUT2D eigenvalue weighted by Gasteiger charge is 2.20. The number of benzene rings is 2. The lowest BCUT2D eigenvalue weighted by Gasteiger charge is -2.05. The summed E-state index contributed by atoms with van der Waals surface area (Å²) in [6.07, 6.45) is 3.14. The second-order valence-corrected chi connectivity index (χ2v) is 6.43. The molecule has 26 heavy (non-hydrogen) atoms. The number of anilines is 1. The molecule has 2 aromatic carbocycles. The summed E-state index contributed by atoms with van der Waals surface area (Å²) in [5.41, 5.74) is 2.28. The summed E-state index contributed by atoms with van der Waals surface area (Å²) in [5, 5.41) is 3.52. The van der Waals surface area contributed by atoms with E-state index in [-0.39, 0.29) is 18.2 Å². The molecule has 1 amide bonds. The average molecular weight is 413 g/mol. The van der Waals surface area contributed by atoms with Gasteiger partial charge in [0.05, 0.1) is 12.3 Å². The molecule has 0 aliphatic rings. The number of fused-ring (bicyclic) bond motifs is 1. The zero-order valence-corrected chi connectivity index (χ0v) is 15.7. The molecule has 0 radical (unpaired) electrons. The third-order valence-corrected chi connectivity index (χ3v) is 4.21. The fraction of sp³-hybridized carbons (Fsp3) is 0.100. The van der Waals surface area contributed by atoms with Gasteiger partial charge in [-0.2, -0.15) is 0 Å². The van der Waals surface area contributed by atoms with E-state index in [2.05, 4.69) is 26.2 Å². The lowest BCUT2D eigenvalue weighted by molar-refractivity contribution is -0.111. The summed E-state index contributed by atoms with van der Waals surface area (Å²) in [7, 11) is 0. The van der Waals surface area contributed by atoms with Crippen LogP contribution in [0.3, 0.4) is 0 Å². The van der Waals surface area contributed by atoms with Crippen molar-refractivity contribution < 1.29 is 14.3 Å². The van der Waals surface area contributed by atoms with Crippen LogP contribution in [0.4, 0.5) is 5.69 Å². The predicted octanol–water partition coefficient (Wildman–Crippen LogP) is 4.76. The van der Waals surface area contributed by atoms with Crippen molar-refractivity contribution in [2.75, 3.05) is 11.9 Å². The normalized spacial score (nSPS) is 11.0. The van der Waals surface area contributed by atoms with Gasteiger partial charge in [0.25, 0.3) is 0 Å². The van der Waals surface area contributed by atoms with Crippen molar-refractivity contribution >= 4 is 50.5 Å². The van der Waals surface area contributed by atoms with Gasteiger partial charge in [0.1, 0.15) is 5.69 Å². The first-order valence-corrected chi connectivity index (χ1v) is 8.90. The Labute approximate surface area is 159 Å². The Morgan fingerprint density at radius 1 is 1.19 bits per heavy atom. The third kappa shape index (κ3) is 4.03. The number of halogens is 1. The minimum Gasteiger partial charge on any atom is -0.461 e. The number of carbonyl (C=O) groups is 2. The van der Waals surface area contributed by atoms with Crippen LogP contribution in [0.1, 0.15) is 23.0 Å². The zero-order valence-electron chi connectivity index (χ0n) is 14.1. The van der Waals surface area contributed by atoms with Gasteiger partial charge in [-0.25, -0.2) is 4.79 Å². The van der Waals surface area contributed by atoms with Crippen LogP contribution in [-0.2, 0) is 9.53 Å².